The highest BCUT2D eigenvalue weighted by atomic mass is 16.2. The number of amides is 1. The van der Waals surface area contributed by atoms with Gasteiger partial charge in [-0.1, -0.05) is 0 Å². The van der Waals surface area contributed by atoms with Gasteiger partial charge in [0, 0.05) is 43.5 Å². The van der Waals surface area contributed by atoms with Crippen LogP contribution in [0.15, 0.2) is 24.3 Å². The van der Waals surface area contributed by atoms with Crippen LogP contribution in [-0.2, 0) is 4.79 Å². The summed E-state index contributed by atoms with van der Waals surface area (Å²) in [5.41, 5.74) is 1.39. The Kier molecular flexibility index (Phi) is 5.69. The topological polar surface area (TPSA) is 52.7 Å². The van der Waals surface area contributed by atoms with Crippen molar-refractivity contribution in [2.24, 2.45) is 0 Å². The smallest absolute Gasteiger partial charge is 0.238 e. The van der Waals surface area contributed by atoms with Gasteiger partial charge in [-0.25, -0.2) is 0 Å². The van der Waals surface area contributed by atoms with Crippen molar-refractivity contribution in [3.05, 3.63) is 29.8 Å². The highest BCUT2D eigenvalue weighted by molar-refractivity contribution is 5.96. The Bertz CT molecular complexity index is 517. The van der Waals surface area contributed by atoms with Gasteiger partial charge in [-0.3, -0.25) is 19.4 Å². The second-order valence-corrected chi connectivity index (χ2v) is 6.09. The van der Waals surface area contributed by atoms with Crippen molar-refractivity contribution in [3.8, 4) is 0 Å². The van der Waals surface area contributed by atoms with Crippen molar-refractivity contribution in [2.45, 2.75) is 26.8 Å². The number of rotatable bonds is 5. The Morgan fingerprint density at radius 3 is 2.18 bits per heavy atom. The van der Waals surface area contributed by atoms with Crippen LogP contribution in [0.25, 0.3) is 0 Å². The molecule has 5 heteroatoms. The lowest BCUT2D eigenvalue weighted by molar-refractivity contribution is -0.117. The summed E-state index contributed by atoms with van der Waals surface area (Å²) in [7, 11) is 0. The van der Waals surface area contributed by atoms with Gasteiger partial charge in [-0.2, -0.15) is 0 Å². The standard InChI is InChI=1S/C17H25N3O2/c1-13(2)20-10-8-19(9-11-20)12-17(22)18-16-6-4-15(5-7-16)14(3)21/h4-7,13H,8-12H2,1-3H3,(H,18,22). The van der Waals surface area contributed by atoms with Crippen LogP contribution in [0.5, 0.6) is 0 Å². The molecule has 1 heterocycles. The van der Waals surface area contributed by atoms with Crippen molar-refractivity contribution < 1.29 is 9.59 Å². The minimum absolute atomic E-state index is 0.00595. The van der Waals surface area contributed by atoms with Crippen LogP contribution in [0.3, 0.4) is 0 Å². The molecule has 5 nitrogen and oxygen atoms in total. The molecule has 0 saturated carbocycles. The average molecular weight is 303 g/mol. The van der Waals surface area contributed by atoms with Gasteiger partial charge in [0.2, 0.25) is 5.91 Å². The summed E-state index contributed by atoms with van der Waals surface area (Å²) >= 11 is 0. The van der Waals surface area contributed by atoms with Crippen molar-refractivity contribution >= 4 is 17.4 Å². The summed E-state index contributed by atoms with van der Waals surface area (Å²) in [6, 6.07) is 7.57. The van der Waals surface area contributed by atoms with E-state index in [1.54, 1.807) is 24.3 Å². The molecule has 0 atom stereocenters. The van der Waals surface area contributed by atoms with Crippen molar-refractivity contribution in [2.75, 3.05) is 38.0 Å². The highest BCUT2D eigenvalue weighted by Crippen LogP contribution is 2.11. The third kappa shape index (κ3) is 4.64. The van der Waals surface area contributed by atoms with Gasteiger partial charge in [0.05, 0.1) is 6.54 Å². The number of piperazine rings is 1. The molecule has 0 aromatic heterocycles. The van der Waals surface area contributed by atoms with Crippen molar-refractivity contribution in [3.63, 3.8) is 0 Å². The monoisotopic (exact) mass is 303 g/mol. The highest BCUT2D eigenvalue weighted by Gasteiger charge is 2.20. The quantitative estimate of drug-likeness (QED) is 0.844. The minimum atomic E-state index is -0.00595. The maximum Gasteiger partial charge on any atom is 0.238 e. The normalized spacial score (nSPS) is 16.7. The Balaban J connectivity index is 1.80. The van der Waals surface area contributed by atoms with Crippen LogP contribution < -0.4 is 5.32 Å². The fourth-order valence-corrected chi connectivity index (χ4v) is 2.63. The first-order chi connectivity index (χ1) is 10.5. The zero-order valence-electron chi connectivity index (χ0n) is 13.6. The molecule has 120 valence electrons. The summed E-state index contributed by atoms with van der Waals surface area (Å²) in [6.45, 7) is 10.2. The molecule has 22 heavy (non-hydrogen) atoms. The van der Waals surface area contributed by atoms with Crippen molar-refractivity contribution in [1.29, 1.82) is 0 Å². The van der Waals surface area contributed by atoms with E-state index in [0.29, 0.717) is 18.2 Å². The van der Waals surface area contributed by atoms with Crippen LogP contribution in [0, 0.1) is 0 Å². The van der Waals surface area contributed by atoms with Gasteiger partial charge in [0.25, 0.3) is 0 Å². The lowest BCUT2D eigenvalue weighted by Crippen LogP contribution is -2.50. The molecular weight excluding hydrogens is 278 g/mol. The number of nitrogens with zero attached hydrogens (tertiary/aromatic N) is 2. The van der Waals surface area contributed by atoms with Gasteiger partial charge in [0.15, 0.2) is 5.78 Å². The SMILES string of the molecule is CC(=O)c1ccc(NC(=O)CN2CCN(C(C)C)CC2)cc1. The number of carbonyl (C=O) groups is 2. The fourth-order valence-electron chi connectivity index (χ4n) is 2.63. The van der Waals surface area contributed by atoms with Crippen LogP contribution in [-0.4, -0.2) is 60.3 Å². The average Bonchev–Trinajstić information content (AvgIpc) is 2.48. The third-order valence-corrected chi connectivity index (χ3v) is 4.08. The van der Waals surface area contributed by atoms with Crippen LogP contribution in [0.1, 0.15) is 31.1 Å². The van der Waals surface area contributed by atoms with Gasteiger partial charge in [-0.15, -0.1) is 0 Å². The summed E-state index contributed by atoms with van der Waals surface area (Å²) < 4.78 is 0. The summed E-state index contributed by atoms with van der Waals surface area (Å²) in [5, 5.41) is 2.88. The number of nitrogens with one attached hydrogen (secondary N) is 1. The third-order valence-electron chi connectivity index (χ3n) is 4.08. The summed E-state index contributed by atoms with van der Waals surface area (Å²) in [6.07, 6.45) is 0. The zero-order chi connectivity index (χ0) is 16.1. The maximum absolute atomic E-state index is 12.1. The molecule has 1 aliphatic heterocycles. The van der Waals surface area contributed by atoms with E-state index >= 15 is 0 Å². The van der Waals surface area contributed by atoms with Crippen LogP contribution in [0.2, 0.25) is 0 Å². The zero-order valence-corrected chi connectivity index (χ0v) is 13.6. The molecule has 0 unspecified atom stereocenters. The molecule has 2 rings (SSSR count). The molecule has 1 aromatic carbocycles. The molecular formula is C17H25N3O2. The molecule has 1 N–H and O–H groups in total. The summed E-state index contributed by atoms with van der Waals surface area (Å²) in [5.74, 6) is 0.0227. The Hall–Kier alpha value is -1.72. The Morgan fingerprint density at radius 1 is 1.09 bits per heavy atom. The van der Waals surface area contributed by atoms with E-state index in [1.165, 1.54) is 6.92 Å². The predicted octanol–water partition coefficient (Wildman–Crippen LogP) is 1.85. The van der Waals surface area contributed by atoms with Crippen LogP contribution in [0.4, 0.5) is 5.69 Å². The molecule has 1 aromatic rings. The number of hydrogen-bond acceptors (Lipinski definition) is 4. The van der Waals surface area contributed by atoms with E-state index in [-0.39, 0.29) is 11.7 Å². The first-order valence-corrected chi connectivity index (χ1v) is 7.83. The Labute approximate surface area is 132 Å². The van der Waals surface area contributed by atoms with Crippen molar-refractivity contribution in [1.82, 2.24) is 9.80 Å². The lowest BCUT2D eigenvalue weighted by atomic mass is 10.1. The lowest BCUT2D eigenvalue weighted by Gasteiger charge is -2.36. The molecule has 0 spiro atoms. The molecule has 0 aliphatic carbocycles. The molecule has 1 saturated heterocycles. The first kappa shape index (κ1) is 16.6. The van der Waals surface area contributed by atoms with Gasteiger partial charge < -0.3 is 5.32 Å². The van der Waals surface area contributed by atoms with Gasteiger partial charge in [0.1, 0.15) is 0 Å². The molecule has 1 amide bonds. The van der Waals surface area contributed by atoms with E-state index in [2.05, 4.69) is 29.0 Å². The number of benzene rings is 1. The number of carbonyl (C=O) groups excluding carboxylic acids is 2. The fraction of sp³-hybridized carbons (Fsp3) is 0.529. The Morgan fingerprint density at radius 2 is 1.68 bits per heavy atom. The van der Waals surface area contributed by atoms with Crippen LogP contribution >= 0.6 is 0 Å². The molecule has 1 fully saturated rings. The predicted molar refractivity (Wildman–Crippen MR) is 88.2 cm³/mol. The van der Waals surface area contributed by atoms with Gasteiger partial charge in [-0.05, 0) is 45.0 Å². The number of hydrogen-bond donors (Lipinski definition) is 1. The first-order valence-electron chi connectivity index (χ1n) is 7.83. The second kappa shape index (κ2) is 7.51. The van der Waals surface area contributed by atoms with E-state index in [1.807, 2.05) is 0 Å². The van der Waals surface area contributed by atoms with E-state index < -0.39 is 0 Å². The van der Waals surface area contributed by atoms with Gasteiger partial charge >= 0.3 is 0 Å². The second-order valence-electron chi connectivity index (χ2n) is 6.09. The minimum Gasteiger partial charge on any atom is -0.325 e. The molecule has 0 radical (unpaired) electrons. The van der Waals surface area contributed by atoms with E-state index in [4.69, 9.17) is 0 Å². The van der Waals surface area contributed by atoms with E-state index in [9.17, 15) is 9.59 Å². The molecule has 0 bridgehead atoms. The maximum atomic E-state index is 12.1. The summed E-state index contributed by atoms with van der Waals surface area (Å²) in [4.78, 5) is 27.9. The number of ketones is 1. The number of anilines is 1. The van der Waals surface area contributed by atoms with E-state index in [0.717, 1.165) is 31.9 Å². The number of Topliss-reactive ketones (excluding diaryl/α,β-unsaturated/α-hetero) is 1. The largest absolute Gasteiger partial charge is 0.325 e. The molecule has 1 aliphatic rings.